The number of piperidine rings is 1. The average Bonchev–Trinajstić information content (AvgIpc) is 3.39. The van der Waals surface area contributed by atoms with Gasteiger partial charge in [-0.2, -0.15) is 9.50 Å². The van der Waals surface area contributed by atoms with E-state index in [0.717, 1.165) is 18.5 Å². The van der Waals surface area contributed by atoms with E-state index in [0.29, 0.717) is 42.3 Å². The highest BCUT2D eigenvalue weighted by Gasteiger charge is 2.27. The number of ether oxygens (including phenoxy) is 2. The summed E-state index contributed by atoms with van der Waals surface area (Å²) in [5, 5.41) is 17.1. The van der Waals surface area contributed by atoms with E-state index in [-0.39, 0.29) is 18.7 Å². The Morgan fingerprint density at radius 3 is 2.83 bits per heavy atom. The Hall–Kier alpha value is -2.96. The molecule has 0 N–H and O–H groups in total. The molecule has 30 heavy (non-hydrogen) atoms. The van der Waals surface area contributed by atoms with Crippen LogP contribution in [0.1, 0.15) is 37.3 Å². The normalized spacial score (nSPS) is 15.0. The van der Waals surface area contributed by atoms with Crippen LogP contribution >= 0.6 is 11.8 Å². The Balaban J connectivity index is 1.45. The lowest BCUT2D eigenvalue weighted by molar-refractivity contribution is 0.0906. The second kappa shape index (κ2) is 8.81. The fraction of sp³-hybridized carbons (Fsp3) is 0.588. The second-order valence-corrected chi connectivity index (χ2v) is 7.56. The number of rotatable bonds is 6. The van der Waals surface area contributed by atoms with E-state index in [1.807, 2.05) is 13.2 Å². The van der Waals surface area contributed by atoms with Gasteiger partial charge in [0.05, 0.1) is 12.6 Å². The molecule has 0 aromatic carbocycles. The summed E-state index contributed by atoms with van der Waals surface area (Å²) in [7, 11) is 0. The molecule has 1 aliphatic rings. The summed E-state index contributed by atoms with van der Waals surface area (Å²) in [5.74, 6) is 1.62. The Labute approximate surface area is 176 Å². The molecule has 1 amide bonds. The van der Waals surface area contributed by atoms with Crippen molar-refractivity contribution >= 4 is 23.6 Å². The third kappa shape index (κ3) is 4.15. The van der Waals surface area contributed by atoms with E-state index in [2.05, 4.69) is 30.6 Å². The predicted molar refractivity (Wildman–Crippen MR) is 106 cm³/mol. The van der Waals surface area contributed by atoms with Gasteiger partial charge >= 0.3 is 6.09 Å². The van der Waals surface area contributed by atoms with Gasteiger partial charge in [0, 0.05) is 24.8 Å². The maximum absolute atomic E-state index is 11.9. The van der Waals surface area contributed by atoms with Crippen molar-refractivity contribution < 1.29 is 14.3 Å². The van der Waals surface area contributed by atoms with Gasteiger partial charge in [-0.05, 0) is 43.4 Å². The van der Waals surface area contributed by atoms with Crippen molar-refractivity contribution in [1.29, 1.82) is 0 Å². The number of nitrogens with zero attached hydrogens (tertiary/aromatic N) is 9. The number of aromatic nitrogens is 8. The molecule has 0 unspecified atom stereocenters. The average molecular weight is 433 g/mol. The van der Waals surface area contributed by atoms with E-state index >= 15 is 0 Å². The highest BCUT2D eigenvalue weighted by molar-refractivity contribution is 7.98. The Morgan fingerprint density at radius 1 is 1.30 bits per heavy atom. The molecule has 1 aliphatic heterocycles. The van der Waals surface area contributed by atoms with Crippen LogP contribution in [0.2, 0.25) is 0 Å². The minimum absolute atomic E-state index is 0.0953. The summed E-state index contributed by atoms with van der Waals surface area (Å²) in [6.45, 7) is 5.44. The molecule has 0 atom stereocenters. The number of carbonyl (C=O) groups is 1. The molecule has 4 rings (SSSR count). The van der Waals surface area contributed by atoms with E-state index in [1.165, 1.54) is 11.8 Å². The van der Waals surface area contributed by atoms with Crippen molar-refractivity contribution in [2.75, 3.05) is 26.0 Å². The molecule has 0 saturated carbocycles. The minimum Gasteiger partial charge on any atom is -0.469 e. The van der Waals surface area contributed by atoms with Crippen molar-refractivity contribution in [2.45, 2.75) is 44.5 Å². The number of carbonyl (C=O) groups excluding carboxylic acids is 1. The maximum Gasteiger partial charge on any atom is 0.409 e. The van der Waals surface area contributed by atoms with Crippen LogP contribution in [-0.2, 0) is 11.3 Å². The number of tetrazole rings is 1. The Bertz CT molecular complexity index is 1030. The quantitative estimate of drug-likeness (QED) is 0.528. The monoisotopic (exact) mass is 433 g/mol. The van der Waals surface area contributed by atoms with Crippen molar-refractivity contribution in [3.05, 3.63) is 17.6 Å². The zero-order valence-electron chi connectivity index (χ0n) is 17.1. The fourth-order valence-corrected chi connectivity index (χ4v) is 3.70. The van der Waals surface area contributed by atoms with Crippen molar-refractivity contribution in [2.24, 2.45) is 0 Å². The Morgan fingerprint density at radius 2 is 2.10 bits per heavy atom. The van der Waals surface area contributed by atoms with Gasteiger partial charge in [-0.3, -0.25) is 0 Å². The third-order valence-corrected chi connectivity index (χ3v) is 5.36. The third-order valence-electron chi connectivity index (χ3n) is 4.82. The summed E-state index contributed by atoms with van der Waals surface area (Å²) in [6.07, 6.45) is 3.13. The largest absolute Gasteiger partial charge is 0.469 e. The van der Waals surface area contributed by atoms with Gasteiger partial charge in [0.25, 0.3) is 5.78 Å². The van der Waals surface area contributed by atoms with E-state index in [9.17, 15) is 4.79 Å². The first-order chi connectivity index (χ1) is 14.6. The first-order valence-electron chi connectivity index (χ1n) is 9.68. The van der Waals surface area contributed by atoms with E-state index in [1.54, 1.807) is 27.1 Å². The SMILES string of the molecule is CCOC(=O)N1CCC(n2nnnc2COc2cc(C)nc3nc(SC)nn23)CC1. The zero-order chi connectivity index (χ0) is 21.1. The van der Waals surface area contributed by atoms with Crippen LogP contribution < -0.4 is 4.74 Å². The van der Waals surface area contributed by atoms with Gasteiger partial charge in [-0.25, -0.2) is 14.5 Å². The molecule has 4 heterocycles. The molecule has 0 radical (unpaired) electrons. The van der Waals surface area contributed by atoms with Gasteiger partial charge in [0.1, 0.15) is 0 Å². The van der Waals surface area contributed by atoms with Crippen molar-refractivity contribution in [3.8, 4) is 5.88 Å². The molecule has 160 valence electrons. The molecule has 13 heteroatoms. The number of fused-ring (bicyclic) bond motifs is 1. The molecule has 1 saturated heterocycles. The van der Waals surface area contributed by atoms with Crippen LogP contribution in [0.25, 0.3) is 5.78 Å². The van der Waals surface area contributed by atoms with Crippen molar-refractivity contribution in [1.82, 2.24) is 44.7 Å². The van der Waals surface area contributed by atoms with Crippen LogP contribution in [0.5, 0.6) is 5.88 Å². The van der Waals surface area contributed by atoms with Crippen LogP contribution in [0.4, 0.5) is 4.79 Å². The number of amides is 1. The maximum atomic E-state index is 11.9. The van der Waals surface area contributed by atoms with Crippen LogP contribution in [0.15, 0.2) is 11.2 Å². The van der Waals surface area contributed by atoms with Crippen LogP contribution in [-0.4, -0.2) is 76.7 Å². The predicted octanol–water partition coefficient (Wildman–Crippen LogP) is 1.51. The molecule has 3 aromatic rings. The number of aryl methyl sites for hydroxylation is 1. The highest BCUT2D eigenvalue weighted by atomic mass is 32.2. The lowest BCUT2D eigenvalue weighted by atomic mass is 10.1. The first kappa shape index (κ1) is 20.3. The van der Waals surface area contributed by atoms with Crippen LogP contribution in [0.3, 0.4) is 0 Å². The summed E-state index contributed by atoms with van der Waals surface area (Å²) in [4.78, 5) is 22.3. The second-order valence-electron chi connectivity index (χ2n) is 6.79. The number of likely N-dealkylation sites (tertiary alicyclic amines) is 1. The fourth-order valence-electron chi connectivity index (χ4n) is 3.36. The highest BCUT2D eigenvalue weighted by Crippen LogP contribution is 2.24. The zero-order valence-corrected chi connectivity index (χ0v) is 17.9. The minimum atomic E-state index is -0.272. The first-order valence-corrected chi connectivity index (χ1v) is 10.9. The van der Waals surface area contributed by atoms with Gasteiger partial charge in [-0.15, -0.1) is 10.2 Å². The topological polar surface area (TPSA) is 125 Å². The van der Waals surface area contributed by atoms with Gasteiger partial charge in [0.15, 0.2) is 12.4 Å². The van der Waals surface area contributed by atoms with Gasteiger partial charge < -0.3 is 14.4 Å². The van der Waals surface area contributed by atoms with Crippen molar-refractivity contribution in [3.63, 3.8) is 0 Å². The molecule has 0 bridgehead atoms. The van der Waals surface area contributed by atoms with E-state index in [4.69, 9.17) is 9.47 Å². The lowest BCUT2D eigenvalue weighted by Crippen LogP contribution is -2.39. The molecule has 3 aromatic heterocycles. The molecular weight excluding hydrogens is 410 g/mol. The molecule has 12 nitrogen and oxygen atoms in total. The number of hydrogen-bond acceptors (Lipinski definition) is 10. The number of thioether (sulfide) groups is 1. The van der Waals surface area contributed by atoms with Gasteiger partial charge in [0.2, 0.25) is 11.0 Å². The van der Waals surface area contributed by atoms with Crippen LogP contribution in [0, 0.1) is 6.92 Å². The number of hydrogen-bond donors (Lipinski definition) is 0. The molecule has 0 spiro atoms. The van der Waals surface area contributed by atoms with Gasteiger partial charge in [-0.1, -0.05) is 11.8 Å². The summed E-state index contributed by atoms with van der Waals surface area (Å²) < 4.78 is 14.4. The molecule has 1 fully saturated rings. The molecule has 0 aliphatic carbocycles. The smallest absolute Gasteiger partial charge is 0.409 e. The summed E-state index contributed by atoms with van der Waals surface area (Å²) in [5.41, 5.74) is 0.781. The Kier molecular flexibility index (Phi) is 5.97. The standard InChI is InChI=1S/C17H23N9O3S/c1-4-28-17(27)24-7-5-12(6-8-24)25-13(20-22-23-25)10-29-14-9-11(2)18-15-19-16(30-3)21-26(14)15/h9,12H,4-8,10H2,1-3H3. The summed E-state index contributed by atoms with van der Waals surface area (Å²) >= 11 is 1.44. The molecular formula is C17H23N9O3S. The van der Waals surface area contributed by atoms with E-state index < -0.39 is 0 Å². The summed E-state index contributed by atoms with van der Waals surface area (Å²) in [6, 6.07) is 1.90. The lowest BCUT2D eigenvalue weighted by Gasteiger charge is -2.31.